The first-order valence-corrected chi connectivity index (χ1v) is 6.37. The van der Waals surface area contributed by atoms with Gasteiger partial charge in [-0.15, -0.1) is 0 Å². The van der Waals surface area contributed by atoms with Crippen LogP contribution in [0, 0.1) is 11.8 Å². The number of methoxy groups -OCH3 is 1. The van der Waals surface area contributed by atoms with E-state index in [-0.39, 0.29) is 0 Å². The molecule has 0 radical (unpaired) electrons. The quantitative estimate of drug-likeness (QED) is 0.879. The van der Waals surface area contributed by atoms with E-state index in [1.54, 1.807) is 18.0 Å². The fourth-order valence-electron chi connectivity index (χ4n) is 2.75. The SMILES string of the molecule is COc1cnn(C)c1C(O)C1CCC(C)CC1. The zero-order valence-corrected chi connectivity index (χ0v) is 10.9. The van der Waals surface area contributed by atoms with Crippen LogP contribution in [-0.2, 0) is 7.05 Å². The van der Waals surface area contributed by atoms with E-state index in [9.17, 15) is 5.11 Å². The summed E-state index contributed by atoms with van der Waals surface area (Å²) in [6.07, 6.45) is 5.83. The van der Waals surface area contributed by atoms with Crippen molar-refractivity contribution in [2.75, 3.05) is 7.11 Å². The number of aliphatic hydroxyl groups is 1. The number of rotatable bonds is 3. The number of aromatic nitrogens is 2. The first kappa shape index (κ1) is 12.4. The summed E-state index contributed by atoms with van der Waals surface area (Å²) in [4.78, 5) is 0. The lowest BCUT2D eigenvalue weighted by Gasteiger charge is -2.30. The van der Waals surface area contributed by atoms with E-state index in [0.717, 1.165) is 24.5 Å². The van der Waals surface area contributed by atoms with Gasteiger partial charge in [-0.1, -0.05) is 19.8 Å². The number of hydrogen-bond donors (Lipinski definition) is 1. The van der Waals surface area contributed by atoms with E-state index in [2.05, 4.69) is 12.0 Å². The highest BCUT2D eigenvalue weighted by molar-refractivity contribution is 5.27. The van der Waals surface area contributed by atoms with Crippen LogP contribution in [0.4, 0.5) is 0 Å². The molecule has 0 amide bonds. The minimum absolute atomic E-state index is 0.343. The third kappa shape index (κ3) is 2.46. The van der Waals surface area contributed by atoms with Crippen molar-refractivity contribution in [2.24, 2.45) is 18.9 Å². The molecule has 1 atom stereocenters. The number of aryl methyl sites for hydroxylation is 1. The first-order valence-electron chi connectivity index (χ1n) is 6.37. The summed E-state index contributed by atoms with van der Waals surface area (Å²) in [5, 5.41) is 14.6. The third-order valence-corrected chi connectivity index (χ3v) is 3.96. The fraction of sp³-hybridized carbons (Fsp3) is 0.769. The molecule has 1 heterocycles. The van der Waals surface area contributed by atoms with E-state index >= 15 is 0 Å². The Balaban J connectivity index is 2.13. The molecule has 0 aromatic carbocycles. The maximum Gasteiger partial charge on any atom is 0.162 e. The molecule has 1 fully saturated rings. The molecule has 1 unspecified atom stereocenters. The monoisotopic (exact) mass is 238 g/mol. The minimum Gasteiger partial charge on any atom is -0.493 e. The predicted octanol–water partition coefficient (Wildman–Crippen LogP) is 2.29. The van der Waals surface area contributed by atoms with Gasteiger partial charge in [0.1, 0.15) is 11.8 Å². The molecule has 1 aliphatic carbocycles. The van der Waals surface area contributed by atoms with E-state index < -0.39 is 6.10 Å². The molecule has 1 aromatic rings. The lowest BCUT2D eigenvalue weighted by atomic mass is 9.79. The fourth-order valence-corrected chi connectivity index (χ4v) is 2.75. The number of ether oxygens (including phenoxy) is 1. The van der Waals surface area contributed by atoms with Gasteiger partial charge >= 0.3 is 0 Å². The Morgan fingerprint density at radius 3 is 2.65 bits per heavy atom. The maximum atomic E-state index is 10.5. The van der Waals surface area contributed by atoms with Gasteiger partial charge in [-0.25, -0.2) is 0 Å². The molecule has 0 saturated heterocycles. The Hall–Kier alpha value is -1.03. The van der Waals surface area contributed by atoms with Crippen molar-refractivity contribution in [3.8, 4) is 5.75 Å². The van der Waals surface area contributed by atoms with Crippen molar-refractivity contribution >= 4 is 0 Å². The molecule has 17 heavy (non-hydrogen) atoms. The minimum atomic E-state index is -0.454. The standard InChI is InChI=1S/C13H22N2O2/c1-9-4-6-10(7-5-9)13(16)12-11(17-3)8-14-15(12)2/h8-10,13,16H,4-7H2,1-3H3. The van der Waals surface area contributed by atoms with Crippen LogP contribution in [0.5, 0.6) is 5.75 Å². The summed E-state index contributed by atoms with van der Waals surface area (Å²) >= 11 is 0. The molecule has 0 aliphatic heterocycles. The second-order valence-electron chi connectivity index (χ2n) is 5.19. The summed E-state index contributed by atoms with van der Waals surface area (Å²) in [5.41, 5.74) is 0.812. The maximum absolute atomic E-state index is 10.5. The van der Waals surface area contributed by atoms with Crippen LogP contribution in [0.15, 0.2) is 6.20 Å². The van der Waals surface area contributed by atoms with E-state index in [4.69, 9.17) is 4.74 Å². The van der Waals surface area contributed by atoms with Gasteiger partial charge in [0, 0.05) is 7.05 Å². The zero-order chi connectivity index (χ0) is 12.4. The van der Waals surface area contributed by atoms with Crippen molar-refractivity contribution < 1.29 is 9.84 Å². The first-order chi connectivity index (χ1) is 8.13. The largest absolute Gasteiger partial charge is 0.493 e. The summed E-state index contributed by atoms with van der Waals surface area (Å²) in [7, 11) is 3.47. The van der Waals surface area contributed by atoms with Crippen LogP contribution in [0.1, 0.15) is 44.4 Å². The Morgan fingerprint density at radius 2 is 2.06 bits per heavy atom. The Morgan fingerprint density at radius 1 is 1.41 bits per heavy atom. The zero-order valence-electron chi connectivity index (χ0n) is 10.9. The average molecular weight is 238 g/mol. The van der Waals surface area contributed by atoms with E-state index in [0.29, 0.717) is 11.7 Å². The number of aliphatic hydroxyl groups excluding tert-OH is 1. The van der Waals surface area contributed by atoms with Crippen LogP contribution >= 0.6 is 0 Å². The lowest BCUT2D eigenvalue weighted by Crippen LogP contribution is -2.21. The molecular weight excluding hydrogens is 216 g/mol. The van der Waals surface area contributed by atoms with Gasteiger partial charge in [0.15, 0.2) is 5.75 Å². The van der Waals surface area contributed by atoms with Gasteiger partial charge in [-0.3, -0.25) is 4.68 Å². The topological polar surface area (TPSA) is 47.3 Å². The molecule has 0 bridgehead atoms. The summed E-state index contributed by atoms with van der Waals surface area (Å²) in [6.45, 7) is 2.28. The van der Waals surface area contributed by atoms with Gasteiger partial charge in [0.2, 0.25) is 0 Å². The van der Waals surface area contributed by atoms with E-state index in [1.807, 2.05) is 7.05 Å². The molecule has 4 nitrogen and oxygen atoms in total. The molecular formula is C13H22N2O2. The highest BCUT2D eigenvalue weighted by Gasteiger charge is 2.29. The predicted molar refractivity (Wildman–Crippen MR) is 65.8 cm³/mol. The second kappa shape index (κ2) is 5.08. The Kier molecular flexibility index (Phi) is 3.72. The molecule has 1 aromatic heterocycles. The van der Waals surface area contributed by atoms with Crippen molar-refractivity contribution in [2.45, 2.75) is 38.7 Å². The van der Waals surface area contributed by atoms with Crippen LogP contribution < -0.4 is 4.74 Å². The Bertz CT molecular complexity index is 367. The Labute approximate surface area is 103 Å². The van der Waals surface area contributed by atoms with Gasteiger partial charge < -0.3 is 9.84 Å². The summed E-state index contributed by atoms with van der Waals surface area (Å²) in [5.74, 6) is 1.83. The number of nitrogens with zero attached hydrogens (tertiary/aromatic N) is 2. The second-order valence-corrected chi connectivity index (χ2v) is 5.19. The van der Waals surface area contributed by atoms with Crippen molar-refractivity contribution in [3.05, 3.63) is 11.9 Å². The molecule has 96 valence electrons. The third-order valence-electron chi connectivity index (χ3n) is 3.96. The molecule has 1 aliphatic rings. The van der Waals surface area contributed by atoms with Gasteiger partial charge in [-0.05, 0) is 24.7 Å². The van der Waals surface area contributed by atoms with Crippen LogP contribution in [-0.4, -0.2) is 22.0 Å². The molecule has 1 N–H and O–H groups in total. The van der Waals surface area contributed by atoms with Crippen molar-refractivity contribution in [3.63, 3.8) is 0 Å². The molecule has 0 spiro atoms. The highest BCUT2D eigenvalue weighted by Crippen LogP contribution is 2.39. The molecule has 4 heteroatoms. The normalized spacial score (nSPS) is 26.8. The van der Waals surface area contributed by atoms with Crippen LogP contribution in [0.3, 0.4) is 0 Å². The van der Waals surface area contributed by atoms with E-state index in [1.165, 1.54) is 12.8 Å². The van der Waals surface area contributed by atoms with Gasteiger partial charge in [-0.2, -0.15) is 5.10 Å². The van der Waals surface area contributed by atoms with Gasteiger partial charge in [0.25, 0.3) is 0 Å². The average Bonchev–Trinajstić information content (AvgIpc) is 2.70. The number of hydrogen-bond acceptors (Lipinski definition) is 3. The summed E-state index contributed by atoms with van der Waals surface area (Å²) in [6, 6.07) is 0. The molecule has 1 saturated carbocycles. The van der Waals surface area contributed by atoms with Crippen LogP contribution in [0.2, 0.25) is 0 Å². The molecule has 2 rings (SSSR count). The smallest absolute Gasteiger partial charge is 0.162 e. The van der Waals surface area contributed by atoms with Crippen molar-refractivity contribution in [1.82, 2.24) is 9.78 Å². The van der Waals surface area contributed by atoms with Crippen LogP contribution in [0.25, 0.3) is 0 Å². The highest BCUT2D eigenvalue weighted by atomic mass is 16.5. The van der Waals surface area contributed by atoms with Gasteiger partial charge in [0.05, 0.1) is 13.3 Å². The lowest BCUT2D eigenvalue weighted by molar-refractivity contribution is 0.0668. The summed E-state index contributed by atoms with van der Waals surface area (Å²) < 4.78 is 6.98. The van der Waals surface area contributed by atoms with Crippen molar-refractivity contribution in [1.29, 1.82) is 0 Å².